The Labute approximate surface area is 123 Å². The van der Waals surface area contributed by atoms with Gasteiger partial charge in [0.05, 0.1) is 16.9 Å². The molecule has 1 aromatic rings. The van der Waals surface area contributed by atoms with Crippen LogP contribution in [0.2, 0.25) is 0 Å². The second kappa shape index (κ2) is 7.24. The number of rotatable bonds is 6. The van der Waals surface area contributed by atoms with Crippen molar-refractivity contribution in [2.45, 2.75) is 13.8 Å². The summed E-state index contributed by atoms with van der Waals surface area (Å²) in [6.07, 6.45) is 0. The number of nitrogens with one attached hydrogen (secondary N) is 1. The van der Waals surface area contributed by atoms with E-state index in [4.69, 9.17) is 5.26 Å². The zero-order chi connectivity index (χ0) is 16.0. The van der Waals surface area contributed by atoms with Crippen LogP contribution >= 0.6 is 0 Å². The lowest BCUT2D eigenvalue weighted by atomic mass is 10.1. The molecule has 7 nitrogen and oxygen atoms in total. The summed E-state index contributed by atoms with van der Waals surface area (Å²) in [6.45, 7) is 4.46. The highest BCUT2D eigenvalue weighted by atomic mass is 16.6. The number of nitriles is 1. The molecule has 0 saturated carbocycles. The standard InChI is InChI=1S/C14H18N4O3/c1-4-17(9-10(2)8-15)13-7-11(14(19)16-3)5-6-12(13)18(20)21/h5-7,10H,4,9H2,1-3H3,(H,16,19). The summed E-state index contributed by atoms with van der Waals surface area (Å²) in [6, 6.07) is 6.33. The Bertz CT molecular complexity index is 580. The van der Waals surface area contributed by atoms with Crippen LogP contribution in [-0.2, 0) is 0 Å². The SMILES string of the molecule is CCN(CC(C)C#N)c1cc(C(=O)NC)ccc1[N+](=O)[O-]. The maximum Gasteiger partial charge on any atom is 0.292 e. The van der Waals surface area contributed by atoms with Crippen LogP contribution in [0, 0.1) is 27.4 Å². The molecule has 0 spiro atoms. The van der Waals surface area contributed by atoms with Crippen molar-refractivity contribution in [1.29, 1.82) is 5.26 Å². The third kappa shape index (κ3) is 3.92. The van der Waals surface area contributed by atoms with Crippen molar-refractivity contribution >= 4 is 17.3 Å². The summed E-state index contributed by atoms with van der Waals surface area (Å²) in [7, 11) is 1.50. The Morgan fingerprint density at radius 2 is 2.24 bits per heavy atom. The monoisotopic (exact) mass is 290 g/mol. The van der Waals surface area contributed by atoms with E-state index in [9.17, 15) is 14.9 Å². The number of carbonyl (C=O) groups is 1. The zero-order valence-electron chi connectivity index (χ0n) is 12.3. The van der Waals surface area contributed by atoms with E-state index in [1.165, 1.54) is 25.2 Å². The first kappa shape index (κ1) is 16.4. The summed E-state index contributed by atoms with van der Waals surface area (Å²) in [4.78, 5) is 24.1. The molecular weight excluding hydrogens is 272 g/mol. The van der Waals surface area contributed by atoms with Crippen LogP contribution in [-0.4, -0.2) is 31.0 Å². The van der Waals surface area contributed by atoms with Crippen LogP contribution in [0.4, 0.5) is 11.4 Å². The van der Waals surface area contributed by atoms with Gasteiger partial charge in [-0.3, -0.25) is 14.9 Å². The second-order valence-corrected chi connectivity index (χ2v) is 4.61. The lowest BCUT2D eigenvalue weighted by Gasteiger charge is -2.24. The number of carbonyl (C=O) groups excluding carboxylic acids is 1. The normalized spacial score (nSPS) is 11.3. The van der Waals surface area contributed by atoms with Gasteiger partial charge in [-0.15, -0.1) is 0 Å². The Hall–Kier alpha value is -2.62. The molecule has 0 aromatic heterocycles. The molecule has 0 bridgehead atoms. The molecule has 1 atom stereocenters. The quantitative estimate of drug-likeness (QED) is 0.637. The summed E-state index contributed by atoms with van der Waals surface area (Å²) in [5.41, 5.74) is 0.626. The molecular formula is C14H18N4O3. The van der Waals surface area contributed by atoms with Crippen LogP contribution in [0.15, 0.2) is 18.2 Å². The van der Waals surface area contributed by atoms with Gasteiger partial charge in [0.15, 0.2) is 0 Å². The average Bonchev–Trinajstić information content (AvgIpc) is 2.50. The molecule has 0 aliphatic rings. The topological polar surface area (TPSA) is 99.3 Å². The van der Waals surface area contributed by atoms with Gasteiger partial charge in [0.25, 0.3) is 11.6 Å². The van der Waals surface area contributed by atoms with Crippen LogP contribution < -0.4 is 10.2 Å². The van der Waals surface area contributed by atoms with Crippen molar-refractivity contribution in [1.82, 2.24) is 5.32 Å². The van der Waals surface area contributed by atoms with E-state index in [1.807, 2.05) is 6.92 Å². The van der Waals surface area contributed by atoms with Gasteiger partial charge in [0, 0.05) is 31.8 Å². The van der Waals surface area contributed by atoms with Gasteiger partial charge in [-0.25, -0.2) is 0 Å². The minimum Gasteiger partial charge on any atom is -0.365 e. The van der Waals surface area contributed by atoms with Gasteiger partial charge in [-0.1, -0.05) is 0 Å². The highest BCUT2D eigenvalue weighted by Crippen LogP contribution is 2.29. The van der Waals surface area contributed by atoms with Crippen LogP contribution in [0.5, 0.6) is 0 Å². The summed E-state index contributed by atoms with van der Waals surface area (Å²) in [5, 5.41) is 22.6. The Kier molecular flexibility index (Phi) is 5.67. The molecule has 0 aliphatic carbocycles. The number of hydrogen-bond donors (Lipinski definition) is 1. The second-order valence-electron chi connectivity index (χ2n) is 4.61. The fourth-order valence-corrected chi connectivity index (χ4v) is 1.99. The molecule has 21 heavy (non-hydrogen) atoms. The molecule has 1 rings (SSSR count). The first-order valence-electron chi connectivity index (χ1n) is 6.59. The fourth-order valence-electron chi connectivity index (χ4n) is 1.99. The number of nitro groups is 1. The van der Waals surface area contributed by atoms with Crippen molar-refractivity contribution < 1.29 is 9.72 Å². The molecule has 7 heteroatoms. The number of benzene rings is 1. The van der Waals surface area contributed by atoms with E-state index in [0.717, 1.165) is 0 Å². The highest BCUT2D eigenvalue weighted by molar-refractivity contribution is 5.95. The molecule has 1 unspecified atom stereocenters. The molecule has 0 heterocycles. The maximum absolute atomic E-state index is 11.7. The van der Waals surface area contributed by atoms with Gasteiger partial charge in [0.1, 0.15) is 5.69 Å². The van der Waals surface area contributed by atoms with Gasteiger partial charge in [0.2, 0.25) is 0 Å². The number of nitrogens with zero attached hydrogens (tertiary/aromatic N) is 3. The Balaban J connectivity index is 3.30. The predicted octanol–water partition coefficient (Wildman–Crippen LogP) is 1.94. The van der Waals surface area contributed by atoms with Gasteiger partial charge in [-0.05, 0) is 26.0 Å². The zero-order valence-corrected chi connectivity index (χ0v) is 12.3. The van der Waals surface area contributed by atoms with Crippen molar-refractivity contribution in [3.8, 4) is 6.07 Å². The lowest BCUT2D eigenvalue weighted by molar-refractivity contribution is -0.384. The highest BCUT2D eigenvalue weighted by Gasteiger charge is 2.21. The van der Waals surface area contributed by atoms with E-state index in [2.05, 4.69) is 11.4 Å². The largest absolute Gasteiger partial charge is 0.365 e. The van der Waals surface area contributed by atoms with E-state index in [-0.39, 0.29) is 17.5 Å². The predicted molar refractivity (Wildman–Crippen MR) is 79.2 cm³/mol. The molecule has 1 N–H and O–H groups in total. The van der Waals surface area contributed by atoms with Crippen LogP contribution in [0.25, 0.3) is 0 Å². The third-order valence-electron chi connectivity index (χ3n) is 3.10. The smallest absolute Gasteiger partial charge is 0.292 e. The van der Waals surface area contributed by atoms with Gasteiger partial charge >= 0.3 is 0 Å². The number of amides is 1. The number of anilines is 1. The van der Waals surface area contributed by atoms with Crippen molar-refractivity contribution in [2.24, 2.45) is 5.92 Å². The van der Waals surface area contributed by atoms with Gasteiger partial charge in [-0.2, -0.15) is 5.26 Å². The van der Waals surface area contributed by atoms with E-state index < -0.39 is 4.92 Å². The average molecular weight is 290 g/mol. The van der Waals surface area contributed by atoms with E-state index >= 15 is 0 Å². The van der Waals surface area contributed by atoms with Crippen molar-refractivity contribution in [3.05, 3.63) is 33.9 Å². The summed E-state index contributed by atoms with van der Waals surface area (Å²) < 4.78 is 0. The molecule has 0 aliphatic heterocycles. The third-order valence-corrected chi connectivity index (χ3v) is 3.10. The molecule has 1 amide bonds. The van der Waals surface area contributed by atoms with E-state index in [0.29, 0.717) is 24.3 Å². The van der Waals surface area contributed by atoms with Crippen LogP contribution in [0.3, 0.4) is 0 Å². The Morgan fingerprint density at radius 3 is 2.71 bits per heavy atom. The first-order chi connectivity index (χ1) is 9.94. The minimum absolute atomic E-state index is 0.0744. The number of hydrogen-bond acceptors (Lipinski definition) is 5. The molecule has 1 aromatic carbocycles. The lowest BCUT2D eigenvalue weighted by Crippen LogP contribution is -2.29. The summed E-state index contributed by atoms with van der Waals surface area (Å²) >= 11 is 0. The molecule has 112 valence electrons. The Morgan fingerprint density at radius 1 is 1.57 bits per heavy atom. The fraction of sp³-hybridized carbons (Fsp3) is 0.429. The maximum atomic E-state index is 11.7. The first-order valence-corrected chi connectivity index (χ1v) is 6.59. The van der Waals surface area contributed by atoms with Gasteiger partial charge < -0.3 is 10.2 Å². The van der Waals surface area contributed by atoms with E-state index in [1.54, 1.807) is 11.8 Å². The van der Waals surface area contributed by atoms with Crippen molar-refractivity contribution in [2.75, 3.05) is 25.0 Å². The molecule has 0 fully saturated rings. The molecule has 0 radical (unpaired) electrons. The minimum atomic E-state index is -0.483. The number of nitro benzene ring substituents is 1. The van der Waals surface area contributed by atoms with Crippen LogP contribution in [0.1, 0.15) is 24.2 Å². The summed E-state index contributed by atoms with van der Waals surface area (Å²) in [5.74, 6) is -0.580. The molecule has 0 saturated heterocycles. The van der Waals surface area contributed by atoms with Crippen molar-refractivity contribution in [3.63, 3.8) is 0 Å².